The number of carbonyl (C=O) groups excluding carboxylic acids is 1. The lowest BCUT2D eigenvalue weighted by atomic mass is 9.98. The van der Waals surface area contributed by atoms with E-state index in [1.54, 1.807) is 20.4 Å². The van der Waals surface area contributed by atoms with E-state index in [1.165, 1.54) is 16.0 Å². The first-order valence-electron chi connectivity index (χ1n) is 10.5. The van der Waals surface area contributed by atoms with Crippen molar-refractivity contribution in [3.05, 3.63) is 71.2 Å². The number of nitrogens with one attached hydrogen (secondary N) is 1. The van der Waals surface area contributed by atoms with Crippen molar-refractivity contribution in [1.82, 2.24) is 10.3 Å². The van der Waals surface area contributed by atoms with Gasteiger partial charge in [-0.05, 0) is 48.4 Å². The summed E-state index contributed by atoms with van der Waals surface area (Å²) in [6.45, 7) is 2.04. The van der Waals surface area contributed by atoms with Gasteiger partial charge in [-0.25, -0.2) is 4.98 Å². The quantitative estimate of drug-likeness (QED) is 0.362. The minimum absolute atomic E-state index is 0.231. The molecule has 2 aromatic carbocycles. The van der Waals surface area contributed by atoms with Gasteiger partial charge < -0.3 is 10.5 Å². The van der Waals surface area contributed by atoms with Crippen LogP contribution >= 0.6 is 11.3 Å². The van der Waals surface area contributed by atoms with Gasteiger partial charge in [0.05, 0.1) is 18.5 Å². The molecule has 5 aromatic rings. The van der Waals surface area contributed by atoms with E-state index in [9.17, 15) is 4.79 Å². The van der Waals surface area contributed by atoms with Crippen LogP contribution in [0.2, 0.25) is 0 Å². The van der Waals surface area contributed by atoms with E-state index < -0.39 is 0 Å². The number of amides is 1. The SMILES string of the molecule is COc1ccc(-c2cc(-c3ccc(C)cc3)c3c(N)c(C(=O)Nc4c[n+](C)no4)sc3n2)cc1. The number of aromatic nitrogens is 3. The van der Waals surface area contributed by atoms with E-state index >= 15 is 0 Å². The lowest BCUT2D eigenvalue weighted by Gasteiger charge is -2.10. The van der Waals surface area contributed by atoms with Gasteiger partial charge in [-0.2, -0.15) is 0 Å². The molecule has 34 heavy (non-hydrogen) atoms. The number of methoxy groups -OCH3 is 1. The maximum atomic E-state index is 13.0. The van der Waals surface area contributed by atoms with Crippen LogP contribution in [0.4, 0.5) is 11.6 Å². The van der Waals surface area contributed by atoms with E-state index in [2.05, 4.69) is 22.7 Å². The first kappa shape index (κ1) is 21.6. The zero-order valence-corrected chi connectivity index (χ0v) is 19.6. The number of ether oxygens (including phenoxy) is 1. The number of nitrogens with zero attached hydrogens (tertiary/aromatic N) is 3. The van der Waals surface area contributed by atoms with Crippen LogP contribution in [0.5, 0.6) is 5.75 Å². The van der Waals surface area contributed by atoms with Crippen LogP contribution in [0.3, 0.4) is 0 Å². The molecule has 0 radical (unpaired) electrons. The summed E-state index contributed by atoms with van der Waals surface area (Å²) >= 11 is 1.24. The number of carbonyl (C=O) groups is 1. The van der Waals surface area contributed by atoms with Crippen molar-refractivity contribution >= 4 is 39.0 Å². The van der Waals surface area contributed by atoms with Crippen LogP contribution in [0, 0.1) is 6.92 Å². The molecule has 9 heteroatoms. The smallest absolute Gasteiger partial charge is 0.302 e. The Balaban J connectivity index is 1.67. The molecular weight excluding hydrogens is 450 g/mol. The molecule has 0 aliphatic heterocycles. The minimum Gasteiger partial charge on any atom is -0.497 e. The topological polar surface area (TPSA) is 107 Å². The van der Waals surface area contributed by atoms with Crippen molar-refractivity contribution in [3.63, 3.8) is 0 Å². The summed E-state index contributed by atoms with van der Waals surface area (Å²) in [7, 11) is 3.33. The normalized spacial score (nSPS) is 11.0. The molecule has 8 nitrogen and oxygen atoms in total. The molecule has 0 spiro atoms. The van der Waals surface area contributed by atoms with Gasteiger partial charge in [0.25, 0.3) is 12.1 Å². The second-order valence-electron chi connectivity index (χ2n) is 7.87. The molecule has 0 fully saturated rings. The largest absolute Gasteiger partial charge is 0.497 e. The third-order valence-corrected chi connectivity index (χ3v) is 6.56. The molecule has 1 amide bonds. The number of pyridine rings is 1. The zero-order valence-electron chi connectivity index (χ0n) is 18.8. The molecule has 3 N–H and O–H groups in total. The number of aryl methyl sites for hydroxylation is 2. The molecule has 0 saturated heterocycles. The van der Waals surface area contributed by atoms with Gasteiger partial charge in [0.1, 0.15) is 15.5 Å². The lowest BCUT2D eigenvalue weighted by Crippen LogP contribution is -2.28. The van der Waals surface area contributed by atoms with Crippen molar-refractivity contribution in [2.75, 3.05) is 18.2 Å². The molecule has 5 rings (SSSR count). The van der Waals surface area contributed by atoms with Gasteiger partial charge in [0, 0.05) is 10.9 Å². The number of thiophene rings is 1. The van der Waals surface area contributed by atoms with Crippen molar-refractivity contribution < 1.29 is 18.7 Å². The average Bonchev–Trinajstić information content (AvgIpc) is 3.41. The van der Waals surface area contributed by atoms with Crippen molar-refractivity contribution in [2.45, 2.75) is 6.92 Å². The van der Waals surface area contributed by atoms with Crippen molar-refractivity contribution in [1.29, 1.82) is 0 Å². The predicted molar refractivity (Wildman–Crippen MR) is 132 cm³/mol. The summed E-state index contributed by atoms with van der Waals surface area (Å²) in [5.74, 6) is 0.622. The maximum absolute atomic E-state index is 13.0. The number of anilines is 2. The Morgan fingerprint density at radius 1 is 1.12 bits per heavy atom. The summed E-state index contributed by atoms with van der Waals surface area (Å²) in [6.07, 6.45) is 1.57. The number of nitrogens with two attached hydrogens (primary N) is 1. The second kappa shape index (κ2) is 8.60. The Bertz CT molecular complexity index is 1500. The van der Waals surface area contributed by atoms with E-state index in [1.807, 2.05) is 49.4 Å². The first-order valence-corrected chi connectivity index (χ1v) is 11.3. The third kappa shape index (κ3) is 3.97. The van der Waals surface area contributed by atoms with Crippen LogP contribution in [0.25, 0.3) is 32.6 Å². The highest BCUT2D eigenvalue weighted by Gasteiger charge is 2.23. The highest BCUT2D eigenvalue weighted by atomic mass is 32.1. The lowest BCUT2D eigenvalue weighted by molar-refractivity contribution is -0.739. The second-order valence-corrected chi connectivity index (χ2v) is 8.87. The predicted octanol–water partition coefficient (Wildman–Crippen LogP) is 4.59. The standard InChI is InChI=1S/C25H21N5O3S/c1-14-4-6-15(7-5-14)18-12-19(16-8-10-17(32-3)11-9-16)27-25-21(18)22(26)23(34-25)24(31)28-20-13-30(2)29-33-20/h4-13H,1-3H3,(H2-,26,28,29,31)/p+1. The average molecular weight is 473 g/mol. The number of rotatable bonds is 5. The summed E-state index contributed by atoms with van der Waals surface area (Å²) in [4.78, 5) is 18.9. The molecule has 170 valence electrons. The fourth-order valence-corrected chi connectivity index (χ4v) is 4.72. The Morgan fingerprint density at radius 3 is 2.47 bits per heavy atom. The van der Waals surface area contributed by atoms with E-state index in [0.29, 0.717) is 15.4 Å². The number of nitrogen functional groups attached to an aromatic ring is 1. The Kier molecular flexibility index (Phi) is 5.46. The number of fused-ring (bicyclic) bond motifs is 1. The molecule has 3 aromatic heterocycles. The van der Waals surface area contributed by atoms with Gasteiger partial charge in [-0.1, -0.05) is 34.5 Å². The summed E-state index contributed by atoms with van der Waals surface area (Å²) < 4.78 is 11.8. The van der Waals surface area contributed by atoms with Gasteiger partial charge in [0.2, 0.25) is 0 Å². The van der Waals surface area contributed by atoms with Crippen LogP contribution in [-0.2, 0) is 7.05 Å². The third-order valence-electron chi connectivity index (χ3n) is 5.46. The number of hydrogen-bond donors (Lipinski definition) is 2. The number of hydrogen-bond acceptors (Lipinski definition) is 7. The Hall–Kier alpha value is -4.24. The van der Waals surface area contributed by atoms with Crippen LogP contribution in [0.1, 0.15) is 15.2 Å². The molecular formula is C25H22N5O3S+. The van der Waals surface area contributed by atoms with Gasteiger partial charge in [0.15, 0.2) is 12.3 Å². The minimum atomic E-state index is -0.377. The molecule has 0 atom stereocenters. The highest BCUT2D eigenvalue weighted by molar-refractivity contribution is 7.21. The molecule has 0 bridgehead atoms. The molecule has 3 heterocycles. The fourth-order valence-electron chi connectivity index (χ4n) is 3.71. The Morgan fingerprint density at radius 2 is 1.82 bits per heavy atom. The van der Waals surface area contributed by atoms with Gasteiger partial charge in [-0.15, -0.1) is 11.3 Å². The van der Waals surface area contributed by atoms with Gasteiger partial charge in [-0.3, -0.25) is 14.6 Å². The van der Waals surface area contributed by atoms with E-state index in [0.717, 1.165) is 39.1 Å². The molecule has 0 saturated carbocycles. The maximum Gasteiger partial charge on any atom is 0.302 e. The van der Waals surface area contributed by atoms with Gasteiger partial charge >= 0.3 is 5.88 Å². The monoisotopic (exact) mass is 472 g/mol. The fraction of sp³-hybridized carbons (Fsp3) is 0.120. The molecule has 0 aliphatic carbocycles. The first-order chi connectivity index (χ1) is 16.4. The molecule has 0 unspecified atom stereocenters. The highest BCUT2D eigenvalue weighted by Crippen LogP contribution is 2.41. The summed E-state index contributed by atoms with van der Waals surface area (Å²) in [6, 6.07) is 17.9. The van der Waals surface area contributed by atoms with Crippen LogP contribution in [-0.4, -0.2) is 23.3 Å². The van der Waals surface area contributed by atoms with Crippen LogP contribution in [0.15, 0.2) is 65.3 Å². The van der Waals surface area contributed by atoms with E-state index in [-0.39, 0.29) is 11.8 Å². The number of benzene rings is 2. The summed E-state index contributed by atoms with van der Waals surface area (Å²) in [5, 5.41) is 7.18. The zero-order chi connectivity index (χ0) is 23.8. The summed E-state index contributed by atoms with van der Waals surface area (Å²) in [5.41, 5.74) is 11.7. The Labute approximate surface area is 199 Å². The van der Waals surface area contributed by atoms with Crippen molar-refractivity contribution in [3.8, 4) is 28.1 Å². The van der Waals surface area contributed by atoms with Crippen LogP contribution < -0.4 is 20.5 Å². The van der Waals surface area contributed by atoms with E-state index in [4.69, 9.17) is 20.0 Å². The van der Waals surface area contributed by atoms with Crippen molar-refractivity contribution in [2.24, 2.45) is 7.05 Å². The molecule has 0 aliphatic rings.